The molecule has 27 heavy (non-hydrogen) atoms. The van der Waals surface area contributed by atoms with Gasteiger partial charge in [0.15, 0.2) is 5.60 Å². The molecule has 0 unspecified atom stereocenters. The van der Waals surface area contributed by atoms with Crippen molar-refractivity contribution < 1.29 is 34.4 Å². The molecule has 1 heterocycles. The molecular formula is C20H28O7. The minimum absolute atomic E-state index is 0.187. The van der Waals surface area contributed by atoms with Crippen LogP contribution in [0.4, 0.5) is 0 Å². The summed E-state index contributed by atoms with van der Waals surface area (Å²) in [5.74, 6) is -2.20. The predicted octanol–water partition coefficient (Wildman–Crippen LogP) is 1.18. The average molecular weight is 380 g/mol. The van der Waals surface area contributed by atoms with E-state index in [-0.39, 0.29) is 12.0 Å². The smallest absolute Gasteiger partial charge is 0.340 e. The van der Waals surface area contributed by atoms with Gasteiger partial charge in [0.05, 0.1) is 18.1 Å². The maximum Gasteiger partial charge on any atom is 0.340 e. The molecule has 0 aromatic heterocycles. The van der Waals surface area contributed by atoms with Gasteiger partial charge in [0.2, 0.25) is 0 Å². The summed E-state index contributed by atoms with van der Waals surface area (Å²) in [5, 5.41) is 30.0. The lowest BCUT2D eigenvalue weighted by Gasteiger charge is -2.31. The number of fused-ring (bicyclic) bond motifs is 1. The van der Waals surface area contributed by atoms with Crippen LogP contribution in [0.15, 0.2) is 35.5 Å². The summed E-state index contributed by atoms with van der Waals surface area (Å²) in [6, 6.07) is 0. The first-order valence-corrected chi connectivity index (χ1v) is 8.97. The predicted molar refractivity (Wildman–Crippen MR) is 97.4 cm³/mol. The van der Waals surface area contributed by atoms with Crippen LogP contribution in [0.5, 0.6) is 0 Å². The van der Waals surface area contributed by atoms with Gasteiger partial charge in [-0.25, -0.2) is 9.59 Å². The van der Waals surface area contributed by atoms with E-state index in [0.717, 1.165) is 11.1 Å². The molecule has 0 aromatic carbocycles. The Labute approximate surface area is 159 Å². The van der Waals surface area contributed by atoms with E-state index in [9.17, 15) is 24.9 Å². The fraction of sp³-hybridized carbons (Fsp3) is 0.600. The van der Waals surface area contributed by atoms with Gasteiger partial charge in [-0.05, 0) is 40.2 Å². The second-order valence-corrected chi connectivity index (χ2v) is 7.69. The molecule has 2 aliphatic rings. The molecule has 1 fully saturated rings. The number of aliphatic hydroxyl groups excluding tert-OH is 2. The van der Waals surface area contributed by atoms with Crippen molar-refractivity contribution in [1.29, 1.82) is 0 Å². The van der Waals surface area contributed by atoms with Crippen LogP contribution in [0.1, 0.15) is 40.5 Å². The van der Waals surface area contributed by atoms with E-state index in [1.807, 2.05) is 6.92 Å². The number of carbonyl (C=O) groups excluding carboxylic acids is 2. The number of hydrogen-bond acceptors (Lipinski definition) is 7. The maximum absolute atomic E-state index is 12.5. The van der Waals surface area contributed by atoms with E-state index in [0.29, 0.717) is 6.42 Å². The molecule has 1 aliphatic carbocycles. The van der Waals surface area contributed by atoms with E-state index in [1.165, 1.54) is 13.8 Å². The summed E-state index contributed by atoms with van der Waals surface area (Å²) in [7, 11) is 0. The zero-order valence-electron chi connectivity index (χ0n) is 16.1. The van der Waals surface area contributed by atoms with Crippen LogP contribution in [-0.4, -0.2) is 57.3 Å². The summed E-state index contributed by atoms with van der Waals surface area (Å²) in [4.78, 5) is 24.5. The van der Waals surface area contributed by atoms with Gasteiger partial charge >= 0.3 is 11.9 Å². The van der Waals surface area contributed by atoms with Crippen molar-refractivity contribution in [2.24, 2.45) is 5.92 Å². The first kappa shape index (κ1) is 21.3. The molecule has 0 saturated carbocycles. The molecule has 6 atom stereocenters. The van der Waals surface area contributed by atoms with Crippen LogP contribution in [0, 0.1) is 5.92 Å². The molecule has 1 aliphatic heterocycles. The van der Waals surface area contributed by atoms with Gasteiger partial charge in [-0.15, -0.1) is 0 Å². The van der Waals surface area contributed by atoms with E-state index < -0.39 is 47.9 Å². The van der Waals surface area contributed by atoms with Crippen LogP contribution < -0.4 is 0 Å². The Balaban J connectivity index is 2.42. The molecule has 7 heteroatoms. The number of rotatable bonds is 3. The summed E-state index contributed by atoms with van der Waals surface area (Å²) in [5.41, 5.74) is -0.324. The standard InChI is InChI=1S/C20H28O7/c1-10-6-14(22)7-11(2)9-16(27-19(24)20(5,25)13(4)21)17-12(3)18(23)26-15(17)8-10/h7-8,13-17,21-22,25H,3,6,9H2,1-2,4-5H3/b10-8-,11-7-/t13-,14-,15+,16+,17-,20+/m0/s1. The Kier molecular flexibility index (Phi) is 6.29. The van der Waals surface area contributed by atoms with Crippen molar-refractivity contribution in [3.63, 3.8) is 0 Å². The van der Waals surface area contributed by atoms with Crippen LogP contribution in [0.2, 0.25) is 0 Å². The highest BCUT2D eigenvalue weighted by Crippen LogP contribution is 2.36. The minimum Gasteiger partial charge on any atom is -0.459 e. The maximum atomic E-state index is 12.5. The van der Waals surface area contributed by atoms with Crippen LogP contribution in [0.3, 0.4) is 0 Å². The Morgan fingerprint density at radius 1 is 1.33 bits per heavy atom. The fourth-order valence-corrected chi connectivity index (χ4v) is 3.30. The first-order valence-electron chi connectivity index (χ1n) is 8.97. The van der Waals surface area contributed by atoms with E-state index in [2.05, 4.69) is 6.58 Å². The van der Waals surface area contributed by atoms with E-state index in [1.54, 1.807) is 19.1 Å². The second-order valence-electron chi connectivity index (χ2n) is 7.69. The van der Waals surface area contributed by atoms with Crippen molar-refractivity contribution in [3.8, 4) is 0 Å². The summed E-state index contributed by atoms with van der Waals surface area (Å²) < 4.78 is 10.9. The molecule has 0 spiro atoms. The van der Waals surface area contributed by atoms with Crippen molar-refractivity contribution in [1.82, 2.24) is 0 Å². The Morgan fingerprint density at radius 2 is 1.93 bits per heavy atom. The number of hydrogen-bond donors (Lipinski definition) is 3. The van der Waals surface area contributed by atoms with Crippen LogP contribution in [-0.2, 0) is 19.1 Å². The number of ether oxygens (including phenoxy) is 2. The third-order valence-corrected chi connectivity index (χ3v) is 5.13. The molecule has 0 aromatic rings. The second kappa shape index (κ2) is 7.96. The topological polar surface area (TPSA) is 113 Å². The lowest BCUT2D eigenvalue weighted by atomic mass is 9.85. The normalized spacial score (nSPS) is 36.3. The zero-order chi connectivity index (χ0) is 20.5. The van der Waals surface area contributed by atoms with Crippen molar-refractivity contribution >= 4 is 11.9 Å². The molecule has 0 bridgehead atoms. The summed E-state index contributed by atoms with van der Waals surface area (Å²) in [6.45, 7) is 9.84. The highest BCUT2D eigenvalue weighted by Gasteiger charge is 2.47. The van der Waals surface area contributed by atoms with Gasteiger partial charge in [-0.1, -0.05) is 23.8 Å². The van der Waals surface area contributed by atoms with Crippen molar-refractivity contribution in [2.75, 3.05) is 0 Å². The van der Waals surface area contributed by atoms with Gasteiger partial charge in [-0.3, -0.25) is 0 Å². The van der Waals surface area contributed by atoms with E-state index >= 15 is 0 Å². The summed E-state index contributed by atoms with van der Waals surface area (Å²) in [6.07, 6.45) is 0.432. The SMILES string of the molecule is C=C1C(=O)O[C@@H]2/C=C(/C)C[C@H](O)/C=C(/C)C[C@@H](OC(=O)[C@](C)(O)[C@H](C)O)[C@@H]12. The molecule has 0 radical (unpaired) electrons. The molecule has 0 amide bonds. The van der Waals surface area contributed by atoms with Crippen LogP contribution in [0.25, 0.3) is 0 Å². The van der Waals surface area contributed by atoms with Gasteiger partial charge in [0.1, 0.15) is 12.2 Å². The zero-order valence-corrected chi connectivity index (χ0v) is 16.1. The molecule has 3 N–H and O–H groups in total. The van der Waals surface area contributed by atoms with Gasteiger partial charge in [0.25, 0.3) is 0 Å². The van der Waals surface area contributed by atoms with Gasteiger partial charge in [-0.2, -0.15) is 0 Å². The highest BCUT2D eigenvalue weighted by molar-refractivity contribution is 5.91. The number of aliphatic hydroxyl groups is 3. The molecule has 7 nitrogen and oxygen atoms in total. The van der Waals surface area contributed by atoms with Crippen LogP contribution >= 0.6 is 0 Å². The van der Waals surface area contributed by atoms with Crippen molar-refractivity contribution in [3.05, 3.63) is 35.5 Å². The molecular weight excluding hydrogens is 352 g/mol. The molecule has 2 rings (SSSR count). The highest BCUT2D eigenvalue weighted by atomic mass is 16.6. The Morgan fingerprint density at radius 3 is 2.52 bits per heavy atom. The Bertz CT molecular complexity index is 686. The fourth-order valence-electron chi connectivity index (χ4n) is 3.30. The molecule has 1 saturated heterocycles. The largest absolute Gasteiger partial charge is 0.459 e. The number of esters is 2. The lowest BCUT2D eigenvalue weighted by molar-refractivity contribution is -0.182. The average Bonchev–Trinajstić information content (AvgIpc) is 2.79. The lowest BCUT2D eigenvalue weighted by Crippen LogP contribution is -2.49. The number of carbonyl (C=O) groups is 2. The van der Waals surface area contributed by atoms with Gasteiger partial charge < -0.3 is 24.8 Å². The third kappa shape index (κ3) is 4.66. The molecule has 150 valence electrons. The summed E-state index contributed by atoms with van der Waals surface area (Å²) >= 11 is 0. The monoisotopic (exact) mass is 380 g/mol. The first-order chi connectivity index (χ1) is 12.4. The quantitative estimate of drug-likeness (QED) is 0.383. The van der Waals surface area contributed by atoms with Gasteiger partial charge in [0, 0.05) is 12.0 Å². The minimum atomic E-state index is -2.10. The van der Waals surface area contributed by atoms with E-state index in [4.69, 9.17) is 9.47 Å². The Hall–Kier alpha value is -1.96. The van der Waals surface area contributed by atoms with Crippen molar-refractivity contribution in [2.45, 2.75) is 70.6 Å². The third-order valence-electron chi connectivity index (χ3n) is 5.13.